The Morgan fingerprint density at radius 3 is 2.40 bits per heavy atom. The molecule has 0 atom stereocenters. The molecule has 151 valence electrons. The Bertz CT molecular complexity index is 1310. The molecule has 2 heterocycles. The first-order valence-electron chi connectivity index (χ1n) is 9.60. The van der Waals surface area contributed by atoms with E-state index < -0.39 is 0 Å². The average Bonchev–Trinajstić information content (AvgIpc) is 3.33. The van der Waals surface area contributed by atoms with Crippen molar-refractivity contribution in [3.05, 3.63) is 89.2 Å². The van der Waals surface area contributed by atoms with Crippen LogP contribution in [0.5, 0.6) is 0 Å². The van der Waals surface area contributed by atoms with Crippen molar-refractivity contribution in [2.24, 2.45) is 0 Å². The van der Waals surface area contributed by atoms with E-state index in [1.54, 1.807) is 11.3 Å². The zero-order chi connectivity index (χ0) is 20.0. The summed E-state index contributed by atoms with van der Waals surface area (Å²) in [5, 5.41) is 1.05. The standard InChI is InChI=1S/C25H20N3S.Ir/c1-16-14-20(19-8-5-4-6-9-19)15-17(2)24(16)28-13-12-26-25(28)21-10-7-11-22-23(21)27-18(3)29-22;/h4-9,11-15H,1-3H3;/q-1;. The third kappa shape index (κ3) is 3.54. The van der Waals surface area contributed by atoms with Crippen molar-refractivity contribution in [1.82, 2.24) is 14.5 Å². The molecule has 5 heteroatoms. The molecule has 0 spiro atoms. The summed E-state index contributed by atoms with van der Waals surface area (Å²) in [6, 6.07) is 22.4. The number of fused-ring (bicyclic) bond motifs is 1. The van der Waals surface area contributed by atoms with E-state index >= 15 is 0 Å². The summed E-state index contributed by atoms with van der Waals surface area (Å²) in [6.45, 7) is 6.36. The van der Waals surface area contributed by atoms with Gasteiger partial charge >= 0.3 is 0 Å². The van der Waals surface area contributed by atoms with Crippen LogP contribution in [0.2, 0.25) is 0 Å². The molecular formula is C25H20IrN3S-. The van der Waals surface area contributed by atoms with Gasteiger partial charge in [0.1, 0.15) is 0 Å². The minimum Gasteiger partial charge on any atom is -0.339 e. The largest absolute Gasteiger partial charge is 0.339 e. The van der Waals surface area contributed by atoms with Crippen LogP contribution in [-0.4, -0.2) is 14.5 Å². The Balaban J connectivity index is 0.00000218. The molecule has 0 fully saturated rings. The Kier molecular flexibility index (Phi) is 5.70. The number of rotatable bonds is 3. The number of nitrogens with zero attached hydrogens (tertiary/aromatic N) is 3. The molecule has 0 unspecified atom stereocenters. The maximum absolute atomic E-state index is 4.74. The van der Waals surface area contributed by atoms with Crippen LogP contribution in [0, 0.1) is 26.8 Å². The van der Waals surface area contributed by atoms with E-state index in [4.69, 9.17) is 4.98 Å². The predicted octanol–water partition coefficient (Wildman–Crippen LogP) is 6.54. The molecule has 1 radical (unpaired) electrons. The molecule has 5 rings (SSSR count). The van der Waals surface area contributed by atoms with E-state index in [0.29, 0.717) is 0 Å². The van der Waals surface area contributed by atoms with E-state index in [0.717, 1.165) is 27.6 Å². The first kappa shape index (κ1) is 20.7. The number of aromatic nitrogens is 3. The molecule has 0 saturated carbocycles. The van der Waals surface area contributed by atoms with Gasteiger partial charge in [0.25, 0.3) is 0 Å². The maximum atomic E-state index is 4.74. The van der Waals surface area contributed by atoms with Gasteiger partial charge < -0.3 is 4.57 Å². The van der Waals surface area contributed by atoms with Gasteiger partial charge in [-0.25, -0.2) is 0 Å². The van der Waals surface area contributed by atoms with Crippen LogP contribution in [0.15, 0.2) is 67.0 Å². The van der Waals surface area contributed by atoms with Crippen LogP contribution in [0.25, 0.3) is 38.4 Å². The molecular weight excluding hydrogens is 567 g/mol. The summed E-state index contributed by atoms with van der Waals surface area (Å²) in [7, 11) is 0. The van der Waals surface area contributed by atoms with Crippen molar-refractivity contribution in [3.8, 4) is 28.2 Å². The van der Waals surface area contributed by atoms with Gasteiger partial charge in [0, 0.05) is 43.7 Å². The average molecular weight is 587 g/mol. The molecule has 3 nitrogen and oxygen atoms in total. The Morgan fingerprint density at radius 1 is 0.933 bits per heavy atom. The second kappa shape index (κ2) is 8.27. The molecule has 0 amide bonds. The van der Waals surface area contributed by atoms with Gasteiger partial charge in [-0.05, 0) is 59.9 Å². The van der Waals surface area contributed by atoms with Crippen molar-refractivity contribution in [3.63, 3.8) is 0 Å². The summed E-state index contributed by atoms with van der Waals surface area (Å²) >= 11 is 1.70. The van der Waals surface area contributed by atoms with Gasteiger partial charge in [-0.1, -0.05) is 35.9 Å². The summed E-state index contributed by atoms with van der Waals surface area (Å²) in [4.78, 5) is 9.42. The van der Waals surface area contributed by atoms with E-state index in [1.807, 2.05) is 31.5 Å². The SMILES string of the molecule is Cc1nc2c(-c3nccn3-c3c(C)cc(-c4ccccc4)cc3C)[c-]ccc2s1.[Ir]. The van der Waals surface area contributed by atoms with Crippen molar-refractivity contribution >= 4 is 21.6 Å². The summed E-state index contributed by atoms with van der Waals surface area (Å²) in [5.74, 6) is 0.875. The fraction of sp³-hybridized carbons (Fsp3) is 0.120. The van der Waals surface area contributed by atoms with Crippen LogP contribution in [0.4, 0.5) is 0 Å². The monoisotopic (exact) mass is 587 g/mol. The van der Waals surface area contributed by atoms with E-state index in [1.165, 1.54) is 27.0 Å². The van der Waals surface area contributed by atoms with Crippen molar-refractivity contribution in [2.45, 2.75) is 20.8 Å². The van der Waals surface area contributed by atoms with Crippen LogP contribution in [-0.2, 0) is 20.1 Å². The molecule has 0 aliphatic rings. The topological polar surface area (TPSA) is 30.7 Å². The second-order valence-electron chi connectivity index (χ2n) is 7.24. The second-order valence-corrected chi connectivity index (χ2v) is 8.48. The number of benzene rings is 3. The van der Waals surface area contributed by atoms with Crippen molar-refractivity contribution in [2.75, 3.05) is 0 Å². The minimum absolute atomic E-state index is 0. The zero-order valence-corrected chi connectivity index (χ0v) is 20.1. The molecule has 0 saturated heterocycles. The van der Waals surface area contributed by atoms with Gasteiger partial charge in [-0.3, -0.25) is 9.97 Å². The maximum Gasteiger partial charge on any atom is 0.0779 e. The molecule has 0 aliphatic heterocycles. The Hall–Kier alpha value is -2.59. The fourth-order valence-corrected chi connectivity index (χ4v) is 4.81. The van der Waals surface area contributed by atoms with Crippen molar-refractivity contribution < 1.29 is 20.1 Å². The minimum atomic E-state index is 0. The van der Waals surface area contributed by atoms with Crippen LogP contribution in [0.3, 0.4) is 0 Å². The molecule has 5 aromatic rings. The van der Waals surface area contributed by atoms with Crippen LogP contribution in [0.1, 0.15) is 16.1 Å². The third-order valence-corrected chi connectivity index (χ3v) is 6.10. The number of imidazole rings is 1. The van der Waals surface area contributed by atoms with Gasteiger partial charge in [0.2, 0.25) is 0 Å². The zero-order valence-electron chi connectivity index (χ0n) is 16.9. The summed E-state index contributed by atoms with van der Waals surface area (Å²) < 4.78 is 3.33. The first-order valence-corrected chi connectivity index (χ1v) is 10.4. The van der Waals surface area contributed by atoms with Crippen LogP contribution < -0.4 is 0 Å². The molecule has 0 aliphatic carbocycles. The molecule has 2 aromatic heterocycles. The number of thiazole rings is 1. The van der Waals surface area contributed by atoms with Gasteiger partial charge in [-0.15, -0.1) is 29.5 Å². The van der Waals surface area contributed by atoms with Gasteiger partial charge in [-0.2, -0.15) is 0 Å². The predicted molar refractivity (Wildman–Crippen MR) is 121 cm³/mol. The third-order valence-electron chi connectivity index (χ3n) is 5.16. The Morgan fingerprint density at radius 2 is 1.67 bits per heavy atom. The summed E-state index contributed by atoms with van der Waals surface area (Å²) in [5.41, 5.74) is 7.97. The molecule has 0 bridgehead atoms. The molecule has 0 N–H and O–H groups in total. The van der Waals surface area contributed by atoms with Crippen LogP contribution >= 0.6 is 11.3 Å². The van der Waals surface area contributed by atoms with Gasteiger partial charge in [0.15, 0.2) is 0 Å². The van der Waals surface area contributed by atoms with Crippen molar-refractivity contribution in [1.29, 1.82) is 0 Å². The Labute approximate surface area is 193 Å². The normalized spacial score (nSPS) is 10.9. The summed E-state index contributed by atoms with van der Waals surface area (Å²) in [6.07, 6.45) is 3.88. The van der Waals surface area contributed by atoms with E-state index in [-0.39, 0.29) is 20.1 Å². The van der Waals surface area contributed by atoms with E-state index in [2.05, 4.69) is 71.9 Å². The van der Waals surface area contributed by atoms with E-state index in [9.17, 15) is 0 Å². The smallest absolute Gasteiger partial charge is 0.0779 e. The number of aryl methyl sites for hydroxylation is 3. The van der Waals surface area contributed by atoms with Gasteiger partial charge in [0.05, 0.1) is 10.8 Å². The fourth-order valence-electron chi connectivity index (χ4n) is 3.98. The quantitative estimate of drug-likeness (QED) is 0.225. The molecule has 3 aromatic carbocycles. The number of hydrogen-bond donors (Lipinski definition) is 0. The first-order chi connectivity index (χ1) is 14.1. The number of hydrogen-bond acceptors (Lipinski definition) is 3. The molecule has 30 heavy (non-hydrogen) atoms.